The number of benzene rings is 2. The smallest absolute Gasteiger partial charge is 0.411 e. The normalized spacial score (nSPS) is 18.4. The first-order chi connectivity index (χ1) is 10.3. The Labute approximate surface area is 124 Å². The fourth-order valence-corrected chi connectivity index (χ4v) is 2.74. The minimum absolute atomic E-state index is 0.378. The highest BCUT2D eigenvalue weighted by molar-refractivity contribution is 6.00. The van der Waals surface area contributed by atoms with Crippen LogP contribution in [-0.2, 0) is 4.74 Å². The highest BCUT2D eigenvalue weighted by Crippen LogP contribution is 2.23. The van der Waals surface area contributed by atoms with E-state index >= 15 is 0 Å². The van der Waals surface area contributed by atoms with E-state index in [2.05, 4.69) is 10.6 Å². The van der Waals surface area contributed by atoms with Crippen LogP contribution in [0.4, 0.5) is 10.5 Å². The van der Waals surface area contributed by atoms with Gasteiger partial charge in [0.05, 0.1) is 12.3 Å². The summed E-state index contributed by atoms with van der Waals surface area (Å²) in [5.74, 6) is 0.428. The van der Waals surface area contributed by atoms with Crippen molar-refractivity contribution in [3.63, 3.8) is 0 Å². The van der Waals surface area contributed by atoms with E-state index < -0.39 is 0 Å². The molecule has 4 heteroatoms. The summed E-state index contributed by atoms with van der Waals surface area (Å²) in [5, 5.41) is 8.29. The molecule has 0 aromatic heterocycles. The topological polar surface area (TPSA) is 50.4 Å². The van der Waals surface area contributed by atoms with E-state index in [1.54, 1.807) is 0 Å². The van der Waals surface area contributed by atoms with E-state index in [9.17, 15) is 4.79 Å². The fourth-order valence-electron chi connectivity index (χ4n) is 2.74. The summed E-state index contributed by atoms with van der Waals surface area (Å²) >= 11 is 0. The Balaban J connectivity index is 1.61. The maximum Gasteiger partial charge on any atom is 0.411 e. The van der Waals surface area contributed by atoms with Crippen LogP contribution in [0.25, 0.3) is 10.8 Å². The first-order valence-corrected chi connectivity index (χ1v) is 7.45. The molecule has 110 valence electrons. The summed E-state index contributed by atoms with van der Waals surface area (Å²) in [5.41, 5.74) is 0.792. The standard InChI is InChI=1S/C17H20N2O2/c20-17(21-12-13-5-4-10-18-11-13)19-16-9-3-7-14-6-1-2-8-15(14)16/h1-3,6-9,13,18H,4-5,10-12H2,(H,19,20). The summed E-state index contributed by atoms with van der Waals surface area (Å²) < 4.78 is 5.34. The van der Waals surface area contributed by atoms with Crippen LogP contribution in [0.1, 0.15) is 12.8 Å². The van der Waals surface area contributed by atoms with Gasteiger partial charge in [0, 0.05) is 17.8 Å². The third-order valence-corrected chi connectivity index (χ3v) is 3.88. The zero-order valence-corrected chi connectivity index (χ0v) is 12.0. The van der Waals surface area contributed by atoms with Gasteiger partial charge < -0.3 is 10.1 Å². The van der Waals surface area contributed by atoms with Gasteiger partial charge in [0.15, 0.2) is 0 Å². The molecule has 2 aromatic rings. The lowest BCUT2D eigenvalue weighted by atomic mass is 10.0. The van der Waals surface area contributed by atoms with Gasteiger partial charge in [-0.2, -0.15) is 0 Å². The van der Waals surface area contributed by atoms with Crippen molar-refractivity contribution in [2.75, 3.05) is 25.0 Å². The van der Waals surface area contributed by atoms with Crippen molar-refractivity contribution in [3.05, 3.63) is 42.5 Å². The number of anilines is 1. The van der Waals surface area contributed by atoms with Crippen molar-refractivity contribution in [3.8, 4) is 0 Å². The van der Waals surface area contributed by atoms with Crippen LogP contribution in [0, 0.1) is 5.92 Å². The van der Waals surface area contributed by atoms with Crippen LogP contribution in [-0.4, -0.2) is 25.8 Å². The highest BCUT2D eigenvalue weighted by Gasteiger charge is 2.15. The van der Waals surface area contributed by atoms with Gasteiger partial charge in [0.25, 0.3) is 0 Å². The van der Waals surface area contributed by atoms with Crippen LogP contribution in [0.15, 0.2) is 42.5 Å². The van der Waals surface area contributed by atoms with E-state index in [1.165, 1.54) is 0 Å². The van der Waals surface area contributed by atoms with Crippen molar-refractivity contribution in [1.29, 1.82) is 0 Å². The monoisotopic (exact) mass is 284 g/mol. The Bertz CT molecular complexity index is 616. The molecule has 4 nitrogen and oxygen atoms in total. The largest absolute Gasteiger partial charge is 0.449 e. The number of amides is 1. The molecule has 0 spiro atoms. The lowest BCUT2D eigenvalue weighted by molar-refractivity contribution is 0.132. The van der Waals surface area contributed by atoms with Crippen molar-refractivity contribution in [2.45, 2.75) is 12.8 Å². The van der Waals surface area contributed by atoms with Crippen molar-refractivity contribution in [1.82, 2.24) is 5.32 Å². The molecule has 1 amide bonds. The minimum atomic E-state index is -0.378. The van der Waals surface area contributed by atoms with Gasteiger partial charge in [-0.05, 0) is 30.8 Å². The summed E-state index contributed by atoms with van der Waals surface area (Å²) in [6.45, 7) is 2.48. The van der Waals surface area contributed by atoms with Gasteiger partial charge in [-0.1, -0.05) is 36.4 Å². The number of carbonyl (C=O) groups excluding carboxylic acids is 1. The number of fused-ring (bicyclic) bond motifs is 1. The predicted octanol–water partition coefficient (Wildman–Crippen LogP) is 3.39. The number of ether oxygens (including phenoxy) is 1. The van der Waals surface area contributed by atoms with Crippen molar-refractivity contribution in [2.24, 2.45) is 5.92 Å². The van der Waals surface area contributed by atoms with Gasteiger partial charge in [0.1, 0.15) is 0 Å². The van der Waals surface area contributed by atoms with E-state index in [4.69, 9.17) is 4.74 Å². The first kappa shape index (κ1) is 13.9. The molecule has 3 rings (SSSR count). The third-order valence-electron chi connectivity index (χ3n) is 3.88. The third kappa shape index (κ3) is 3.52. The van der Waals surface area contributed by atoms with Crippen LogP contribution in [0.5, 0.6) is 0 Å². The van der Waals surface area contributed by atoms with E-state index in [0.29, 0.717) is 12.5 Å². The molecular weight excluding hydrogens is 264 g/mol. The number of hydrogen-bond acceptors (Lipinski definition) is 3. The summed E-state index contributed by atoms with van der Waals surface area (Å²) in [7, 11) is 0. The number of nitrogens with one attached hydrogen (secondary N) is 2. The molecule has 0 radical (unpaired) electrons. The first-order valence-electron chi connectivity index (χ1n) is 7.45. The molecule has 1 saturated heterocycles. The summed E-state index contributed by atoms with van der Waals surface area (Å²) in [4.78, 5) is 11.9. The molecule has 1 unspecified atom stereocenters. The Morgan fingerprint density at radius 1 is 1.24 bits per heavy atom. The van der Waals surface area contributed by atoms with Crippen molar-refractivity contribution >= 4 is 22.6 Å². The Hall–Kier alpha value is -2.07. The maximum absolute atomic E-state index is 11.9. The second-order valence-electron chi connectivity index (χ2n) is 5.46. The van der Waals surface area contributed by atoms with Gasteiger partial charge in [0.2, 0.25) is 0 Å². The lowest BCUT2D eigenvalue weighted by Gasteiger charge is -2.22. The van der Waals surface area contributed by atoms with E-state index in [-0.39, 0.29) is 6.09 Å². The molecule has 1 aliphatic heterocycles. The van der Waals surface area contributed by atoms with Gasteiger partial charge in [-0.15, -0.1) is 0 Å². The maximum atomic E-state index is 11.9. The summed E-state index contributed by atoms with van der Waals surface area (Å²) in [6.07, 6.45) is 1.89. The average molecular weight is 284 g/mol. The minimum Gasteiger partial charge on any atom is -0.449 e. The molecule has 21 heavy (non-hydrogen) atoms. The number of hydrogen-bond donors (Lipinski definition) is 2. The zero-order valence-electron chi connectivity index (χ0n) is 12.0. The number of rotatable bonds is 3. The Morgan fingerprint density at radius 2 is 2.10 bits per heavy atom. The molecule has 1 atom stereocenters. The molecular formula is C17H20N2O2. The van der Waals surface area contributed by atoms with Gasteiger partial charge >= 0.3 is 6.09 Å². The lowest BCUT2D eigenvalue weighted by Crippen LogP contribution is -2.33. The van der Waals surface area contributed by atoms with Crippen LogP contribution in [0.3, 0.4) is 0 Å². The molecule has 2 N–H and O–H groups in total. The Morgan fingerprint density at radius 3 is 2.95 bits per heavy atom. The molecule has 1 aliphatic rings. The van der Waals surface area contributed by atoms with E-state index in [0.717, 1.165) is 42.4 Å². The van der Waals surface area contributed by atoms with Crippen LogP contribution in [0.2, 0.25) is 0 Å². The van der Waals surface area contributed by atoms with E-state index in [1.807, 2.05) is 42.5 Å². The average Bonchev–Trinajstić information content (AvgIpc) is 2.54. The molecule has 1 fully saturated rings. The van der Waals surface area contributed by atoms with Gasteiger partial charge in [-0.3, -0.25) is 5.32 Å². The molecule has 1 heterocycles. The fraction of sp³-hybridized carbons (Fsp3) is 0.353. The predicted molar refractivity (Wildman–Crippen MR) is 84.5 cm³/mol. The second-order valence-corrected chi connectivity index (χ2v) is 5.46. The van der Waals surface area contributed by atoms with Crippen LogP contribution < -0.4 is 10.6 Å². The number of carbonyl (C=O) groups is 1. The highest BCUT2D eigenvalue weighted by atomic mass is 16.5. The molecule has 2 aromatic carbocycles. The van der Waals surface area contributed by atoms with Crippen LogP contribution >= 0.6 is 0 Å². The Kier molecular flexibility index (Phi) is 4.36. The molecule has 0 bridgehead atoms. The summed E-state index contributed by atoms with van der Waals surface area (Å²) in [6, 6.07) is 13.8. The zero-order chi connectivity index (χ0) is 14.5. The SMILES string of the molecule is O=C(Nc1cccc2ccccc12)OCC1CCCNC1. The quantitative estimate of drug-likeness (QED) is 0.908. The van der Waals surface area contributed by atoms with Gasteiger partial charge in [-0.25, -0.2) is 4.79 Å². The second kappa shape index (κ2) is 6.59. The molecule has 0 saturated carbocycles. The number of piperidine rings is 1. The van der Waals surface area contributed by atoms with Crippen molar-refractivity contribution < 1.29 is 9.53 Å². The molecule has 0 aliphatic carbocycles.